The molecule has 1 aromatic rings. The average molecular weight is 535 g/mol. The molecule has 0 bridgehead atoms. The molecule has 0 radical (unpaired) electrons. The van der Waals surface area contributed by atoms with Crippen LogP contribution in [0.25, 0.3) is 0 Å². The maximum absolute atomic E-state index is 11.8. The lowest BCUT2D eigenvalue weighted by Crippen LogP contribution is -2.46. The van der Waals surface area contributed by atoms with E-state index >= 15 is 0 Å². The lowest BCUT2D eigenvalue weighted by Gasteiger charge is -2.34. The smallest absolute Gasteiger partial charge is 0.341 e. The molecule has 0 atom stereocenters. The van der Waals surface area contributed by atoms with Gasteiger partial charge in [-0.1, -0.05) is 6.07 Å². The monoisotopic (exact) mass is 535 g/mol. The summed E-state index contributed by atoms with van der Waals surface area (Å²) in [5.41, 5.74) is 1.41. The SMILES string of the molecule is CN=C(NCc1ccc(C(=O)OC)c(OC)c1)N1CCC(OCCCOC)CC1.I. The molecule has 0 amide bonds. The molecule has 30 heavy (non-hydrogen) atoms. The van der Waals surface area contributed by atoms with Gasteiger partial charge in [0, 0.05) is 47.0 Å². The summed E-state index contributed by atoms with van der Waals surface area (Å²) in [4.78, 5) is 18.4. The van der Waals surface area contributed by atoms with Crippen molar-refractivity contribution in [3.63, 3.8) is 0 Å². The lowest BCUT2D eigenvalue weighted by atomic mass is 10.1. The van der Waals surface area contributed by atoms with Gasteiger partial charge >= 0.3 is 5.97 Å². The molecular formula is C21H34IN3O5. The molecule has 1 fully saturated rings. The number of rotatable bonds is 9. The summed E-state index contributed by atoms with van der Waals surface area (Å²) < 4.78 is 21.1. The minimum atomic E-state index is -0.413. The first-order chi connectivity index (χ1) is 14.1. The van der Waals surface area contributed by atoms with E-state index in [9.17, 15) is 4.79 Å². The van der Waals surface area contributed by atoms with E-state index in [1.807, 2.05) is 12.1 Å². The van der Waals surface area contributed by atoms with Crippen molar-refractivity contribution in [2.75, 3.05) is 54.7 Å². The number of carbonyl (C=O) groups excluding carboxylic acids is 1. The fourth-order valence-electron chi connectivity index (χ4n) is 3.33. The third-order valence-electron chi connectivity index (χ3n) is 4.92. The maximum atomic E-state index is 11.8. The molecule has 9 heteroatoms. The van der Waals surface area contributed by atoms with Crippen molar-refractivity contribution in [1.29, 1.82) is 0 Å². The highest BCUT2D eigenvalue weighted by Gasteiger charge is 2.22. The number of hydrogen-bond acceptors (Lipinski definition) is 6. The fourth-order valence-corrected chi connectivity index (χ4v) is 3.33. The summed E-state index contributed by atoms with van der Waals surface area (Å²) in [6, 6.07) is 5.44. The Morgan fingerprint density at radius 1 is 1.20 bits per heavy atom. The molecule has 1 heterocycles. The zero-order valence-corrected chi connectivity index (χ0v) is 20.6. The van der Waals surface area contributed by atoms with Crippen LogP contribution in [0.2, 0.25) is 0 Å². The van der Waals surface area contributed by atoms with Gasteiger partial charge in [-0.25, -0.2) is 4.79 Å². The second-order valence-corrected chi connectivity index (χ2v) is 6.83. The second kappa shape index (κ2) is 14.4. The predicted molar refractivity (Wildman–Crippen MR) is 127 cm³/mol. The Morgan fingerprint density at radius 3 is 2.53 bits per heavy atom. The highest BCUT2D eigenvalue weighted by Crippen LogP contribution is 2.21. The quantitative estimate of drug-likeness (QED) is 0.171. The molecule has 0 aromatic heterocycles. The van der Waals surface area contributed by atoms with Gasteiger partial charge in [-0.05, 0) is 37.0 Å². The van der Waals surface area contributed by atoms with Crippen LogP contribution in [0.3, 0.4) is 0 Å². The Hall–Kier alpha value is -1.59. The first kappa shape index (κ1) is 26.4. The zero-order chi connectivity index (χ0) is 21.1. The molecule has 0 aliphatic carbocycles. The summed E-state index contributed by atoms with van der Waals surface area (Å²) in [6.45, 7) is 3.87. The molecule has 1 saturated heterocycles. The molecule has 2 rings (SSSR count). The van der Waals surface area contributed by atoms with Gasteiger partial charge in [-0.2, -0.15) is 0 Å². The molecule has 0 unspecified atom stereocenters. The standard InChI is InChI=1S/C21H33N3O5.HI/c1-22-21(24-10-8-17(9-11-24)29-13-5-12-26-2)23-15-16-6-7-18(20(25)28-4)19(14-16)27-3;/h6-7,14,17H,5,8-13,15H2,1-4H3,(H,22,23);1H. The van der Waals surface area contributed by atoms with E-state index in [4.69, 9.17) is 18.9 Å². The molecule has 0 spiro atoms. The van der Waals surface area contributed by atoms with Gasteiger partial charge in [0.05, 0.1) is 20.3 Å². The minimum Gasteiger partial charge on any atom is -0.496 e. The van der Waals surface area contributed by atoms with Crippen LogP contribution >= 0.6 is 24.0 Å². The summed E-state index contributed by atoms with van der Waals surface area (Å²) in [5.74, 6) is 0.945. The number of ether oxygens (including phenoxy) is 4. The molecule has 0 saturated carbocycles. The Morgan fingerprint density at radius 2 is 1.93 bits per heavy atom. The Labute approximate surface area is 196 Å². The topological polar surface area (TPSA) is 81.6 Å². The highest BCUT2D eigenvalue weighted by atomic mass is 127. The number of likely N-dealkylation sites (tertiary alicyclic amines) is 1. The van der Waals surface area contributed by atoms with Crippen molar-refractivity contribution >= 4 is 35.9 Å². The number of guanidine groups is 1. The minimum absolute atomic E-state index is 0. The zero-order valence-electron chi connectivity index (χ0n) is 18.3. The van der Waals surface area contributed by atoms with E-state index in [1.54, 1.807) is 27.3 Å². The number of methoxy groups -OCH3 is 3. The average Bonchev–Trinajstić information content (AvgIpc) is 2.77. The van der Waals surface area contributed by atoms with Crippen LogP contribution < -0.4 is 10.1 Å². The first-order valence-electron chi connectivity index (χ1n) is 9.94. The van der Waals surface area contributed by atoms with E-state index in [2.05, 4.69) is 15.2 Å². The van der Waals surface area contributed by atoms with E-state index in [-0.39, 0.29) is 24.0 Å². The van der Waals surface area contributed by atoms with Crippen molar-refractivity contribution in [3.05, 3.63) is 29.3 Å². The Bertz CT molecular complexity index is 679. The molecule has 1 aliphatic heterocycles. The van der Waals surface area contributed by atoms with Crippen LogP contribution in [0.5, 0.6) is 5.75 Å². The number of carbonyl (C=O) groups is 1. The largest absolute Gasteiger partial charge is 0.496 e. The van der Waals surface area contributed by atoms with Gasteiger partial charge in [0.2, 0.25) is 0 Å². The fraction of sp³-hybridized carbons (Fsp3) is 0.619. The van der Waals surface area contributed by atoms with Gasteiger partial charge in [0.15, 0.2) is 5.96 Å². The van der Waals surface area contributed by atoms with E-state index in [0.29, 0.717) is 24.0 Å². The molecule has 170 valence electrons. The number of aliphatic imine (C=N–C) groups is 1. The molecule has 1 aliphatic rings. The Balaban J connectivity index is 0.00000450. The molecule has 1 aromatic carbocycles. The van der Waals surface area contributed by atoms with Crippen molar-refractivity contribution < 1.29 is 23.7 Å². The lowest BCUT2D eigenvalue weighted by molar-refractivity contribution is 0.00989. The van der Waals surface area contributed by atoms with Crippen LogP contribution in [-0.2, 0) is 20.8 Å². The number of nitrogens with one attached hydrogen (secondary N) is 1. The number of piperidine rings is 1. The first-order valence-corrected chi connectivity index (χ1v) is 9.94. The highest BCUT2D eigenvalue weighted by molar-refractivity contribution is 14.0. The van der Waals surface area contributed by atoms with Gasteiger partial charge in [0.1, 0.15) is 11.3 Å². The predicted octanol–water partition coefficient (Wildman–Crippen LogP) is 2.69. The van der Waals surface area contributed by atoms with Crippen molar-refractivity contribution in [1.82, 2.24) is 10.2 Å². The van der Waals surface area contributed by atoms with Gasteiger partial charge in [-0.15, -0.1) is 24.0 Å². The Kier molecular flexibility index (Phi) is 12.7. The third kappa shape index (κ3) is 7.92. The van der Waals surface area contributed by atoms with Gasteiger partial charge < -0.3 is 29.2 Å². The van der Waals surface area contributed by atoms with Crippen LogP contribution in [-0.4, -0.2) is 77.6 Å². The molecule has 8 nitrogen and oxygen atoms in total. The van der Waals surface area contributed by atoms with Crippen molar-refractivity contribution in [2.45, 2.75) is 31.9 Å². The number of esters is 1. The number of nitrogens with zero attached hydrogens (tertiary/aromatic N) is 2. The van der Waals surface area contributed by atoms with Crippen LogP contribution in [0, 0.1) is 0 Å². The van der Waals surface area contributed by atoms with Crippen molar-refractivity contribution in [2.24, 2.45) is 4.99 Å². The molecular weight excluding hydrogens is 501 g/mol. The van der Waals surface area contributed by atoms with E-state index in [0.717, 1.165) is 57.1 Å². The normalized spacial score (nSPS) is 14.8. The summed E-state index contributed by atoms with van der Waals surface area (Å²) in [5, 5.41) is 3.39. The maximum Gasteiger partial charge on any atom is 0.341 e. The summed E-state index contributed by atoms with van der Waals surface area (Å²) in [7, 11) is 6.39. The van der Waals surface area contributed by atoms with Crippen molar-refractivity contribution in [3.8, 4) is 5.75 Å². The van der Waals surface area contributed by atoms with Crippen LogP contribution in [0.15, 0.2) is 23.2 Å². The summed E-state index contributed by atoms with van der Waals surface area (Å²) >= 11 is 0. The van der Waals surface area contributed by atoms with Gasteiger partial charge in [0.25, 0.3) is 0 Å². The van der Waals surface area contributed by atoms with Crippen LogP contribution in [0.1, 0.15) is 35.2 Å². The van der Waals surface area contributed by atoms with Gasteiger partial charge in [-0.3, -0.25) is 4.99 Å². The number of hydrogen-bond donors (Lipinski definition) is 1. The van der Waals surface area contributed by atoms with E-state index in [1.165, 1.54) is 7.11 Å². The van der Waals surface area contributed by atoms with Crippen LogP contribution in [0.4, 0.5) is 0 Å². The number of benzene rings is 1. The third-order valence-corrected chi connectivity index (χ3v) is 4.92. The summed E-state index contributed by atoms with van der Waals surface area (Å²) in [6.07, 6.45) is 3.19. The number of halogens is 1. The van der Waals surface area contributed by atoms with E-state index < -0.39 is 5.97 Å². The molecule has 1 N–H and O–H groups in total. The second-order valence-electron chi connectivity index (χ2n) is 6.83.